The van der Waals surface area contributed by atoms with E-state index < -0.39 is 24.3 Å². The van der Waals surface area contributed by atoms with Crippen LogP contribution in [0.1, 0.15) is 316 Å². The van der Waals surface area contributed by atoms with Crippen molar-refractivity contribution in [3.63, 3.8) is 0 Å². The van der Waals surface area contributed by atoms with Gasteiger partial charge in [-0.15, -0.1) is 0 Å². The van der Waals surface area contributed by atoms with Crippen molar-refractivity contribution in [1.29, 1.82) is 0 Å². The number of carbonyl (C=O) groups is 3. The van der Waals surface area contributed by atoms with Gasteiger partial charge in [0.25, 0.3) is 0 Å². The Kier molecular flexibility index (Phi) is 53.8. The Labute approximate surface area is 446 Å². The summed E-state index contributed by atoms with van der Waals surface area (Å²) < 4.78 is 22.7. The fourth-order valence-corrected chi connectivity index (χ4v) is 9.42. The number of hydrogen-bond donors (Lipinski definition) is 0. The average molecular weight is 1020 g/mol. The van der Waals surface area contributed by atoms with Crippen LogP contribution in [0.4, 0.5) is 0 Å². The number of aliphatic carboxylic acids is 1. The van der Waals surface area contributed by atoms with Gasteiger partial charge in [0.2, 0.25) is 0 Å². The number of carboxylic acid groups (broad SMARTS) is 1. The molecule has 0 aliphatic carbocycles. The number of rotatable bonds is 59. The molecule has 0 fully saturated rings. The molecule has 0 radical (unpaired) electrons. The first-order valence-corrected chi connectivity index (χ1v) is 31.3. The molecule has 0 saturated carbocycles. The van der Waals surface area contributed by atoms with Crippen LogP contribution in [0.3, 0.4) is 0 Å². The van der Waals surface area contributed by atoms with Crippen molar-refractivity contribution >= 4 is 17.9 Å². The normalized spacial score (nSPS) is 12.7. The first kappa shape index (κ1) is 70.0. The standard InChI is InChI=1S/C63H121NO8/c1-6-8-10-12-14-16-18-20-21-22-23-24-25-26-27-28-29-30-31-32-33-34-35-36-37-38-39-40-42-43-45-47-49-51-53-60(65)70-57-59(58-71-63(62(67)68)69-56-55-64(3,4)5)72-61(66)54-52-50-48-46-44-41-19-17-15-13-11-9-7-2/h17,19,59,63H,6-16,18,20-58H2,1-5H3/b19-17-. The number of likely N-dealkylation sites (N-methyl/N-ethyl adjacent to an activating group) is 1. The molecule has 0 rings (SSSR count). The van der Waals surface area contributed by atoms with Crippen LogP contribution in [0.2, 0.25) is 0 Å². The predicted molar refractivity (Wildman–Crippen MR) is 302 cm³/mol. The highest BCUT2D eigenvalue weighted by molar-refractivity contribution is 5.70. The van der Waals surface area contributed by atoms with Crippen LogP contribution in [0.5, 0.6) is 0 Å². The number of carboxylic acids is 1. The van der Waals surface area contributed by atoms with Gasteiger partial charge >= 0.3 is 11.9 Å². The summed E-state index contributed by atoms with van der Waals surface area (Å²) in [6.45, 7) is 4.77. The minimum absolute atomic E-state index is 0.149. The van der Waals surface area contributed by atoms with E-state index in [1.54, 1.807) is 0 Å². The van der Waals surface area contributed by atoms with Crippen molar-refractivity contribution in [3.05, 3.63) is 12.2 Å². The van der Waals surface area contributed by atoms with Crippen molar-refractivity contribution in [2.24, 2.45) is 0 Å². The minimum atomic E-state index is -1.62. The fraction of sp³-hybridized carbons (Fsp3) is 0.921. The zero-order valence-corrected chi connectivity index (χ0v) is 48.6. The van der Waals surface area contributed by atoms with Crippen molar-refractivity contribution in [2.75, 3.05) is 47.5 Å². The molecule has 426 valence electrons. The van der Waals surface area contributed by atoms with Crippen molar-refractivity contribution in [3.8, 4) is 0 Å². The van der Waals surface area contributed by atoms with Crippen LogP contribution in [0, 0.1) is 0 Å². The molecule has 9 nitrogen and oxygen atoms in total. The van der Waals surface area contributed by atoms with E-state index in [0.29, 0.717) is 23.9 Å². The smallest absolute Gasteiger partial charge is 0.306 e. The van der Waals surface area contributed by atoms with Gasteiger partial charge in [0, 0.05) is 12.8 Å². The van der Waals surface area contributed by atoms with Crippen LogP contribution in [-0.2, 0) is 33.3 Å². The van der Waals surface area contributed by atoms with E-state index in [4.69, 9.17) is 18.9 Å². The lowest BCUT2D eigenvalue weighted by molar-refractivity contribution is -0.870. The third-order valence-corrected chi connectivity index (χ3v) is 14.3. The lowest BCUT2D eigenvalue weighted by Crippen LogP contribution is -2.44. The predicted octanol–water partition coefficient (Wildman–Crippen LogP) is 17.2. The summed E-state index contributed by atoms with van der Waals surface area (Å²) >= 11 is 0. The molecule has 0 N–H and O–H groups in total. The molecule has 0 aromatic heterocycles. The second-order valence-electron chi connectivity index (χ2n) is 22.7. The number of carbonyl (C=O) groups excluding carboxylic acids is 3. The maximum atomic E-state index is 12.8. The largest absolute Gasteiger partial charge is 0.545 e. The Balaban J connectivity index is 3.95. The second kappa shape index (κ2) is 55.3. The summed E-state index contributed by atoms with van der Waals surface area (Å²) in [4.78, 5) is 37.2. The van der Waals surface area contributed by atoms with Gasteiger partial charge in [0.15, 0.2) is 12.4 Å². The van der Waals surface area contributed by atoms with E-state index in [0.717, 1.165) is 51.4 Å². The van der Waals surface area contributed by atoms with E-state index in [1.165, 1.54) is 231 Å². The first-order chi connectivity index (χ1) is 35.1. The fourth-order valence-electron chi connectivity index (χ4n) is 9.42. The summed E-state index contributed by atoms with van der Waals surface area (Å²) in [5.74, 6) is -2.27. The molecule has 0 aromatic carbocycles. The third-order valence-electron chi connectivity index (χ3n) is 14.3. The van der Waals surface area contributed by atoms with Gasteiger partial charge in [0.05, 0.1) is 40.3 Å². The van der Waals surface area contributed by atoms with Gasteiger partial charge in [0.1, 0.15) is 13.2 Å². The summed E-state index contributed by atoms with van der Waals surface area (Å²) in [5.41, 5.74) is 0. The van der Waals surface area contributed by atoms with Crippen LogP contribution in [0.15, 0.2) is 12.2 Å². The Morgan fingerprint density at radius 3 is 1.04 bits per heavy atom. The maximum absolute atomic E-state index is 12.8. The van der Waals surface area contributed by atoms with Crippen LogP contribution < -0.4 is 5.11 Å². The number of unbranched alkanes of at least 4 members (excludes halogenated alkanes) is 42. The topological polar surface area (TPSA) is 111 Å². The minimum Gasteiger partial charge on any atom is -0.545 e. The summed E-state index contributed by atoms with van der Waals surface area (Å²) in [5, 5.41) is 11.7. The Bertz CT molecular complexity index is 1190. The molecule has 0 bridgehead atoms. The van der Waals surface area contributed by atoms with Gasteiger partial charge in [-0.2, -0.15) is 0 Å². The molecule has 0 spiro atoms. The molecular formula is C63H121NO8. The Morgan fingerprint density at radius 2 is 0.708 bits per heavy atom. The van der Waals surface area contributed by atoms with Crippen LogP contribution in [-0.4, -0.2) is 82.3 Å². The van der Waals surface area contributed by atoms with Gasteiger partial charge in [-0.25, -0.2) is 0 Å². The third kappa shape index (κ3) is 55.8. The maximum Gasteiger partial charge on any atom is 0.306 e. The molecule has 0 aromatic rings. The van der Waals surface area contributed by atoms with Gasteiger partial charge < -0.3 is 33.3 Å². The van der Waals surface area contributed by atoms with E-state index in [9.17, 15) is 19.5 Å². The molecule has 0 aliphatic heterocycles. The summed E-state index contributed by atoms with van der Waals surface area (Å²) in [6.07, 6.45) is 61.6. The van der Waals surface area contributed by atoms with Gasteiger partial charge in [-0.05, 0) is 38.5 Å². The molecule has 0 saturated heterocycles. The molecule has 2 unspecified atom stereocenters. The number of nitrogens with zero attached hydrogens (tertiary/aromatic N) is 1. The zero-order valence-electron chi connectivity index (χ0n) is 48.6. The number of quaternary nitrogens is 1. The molecule has 2 atom stereocenters. The molecule has 72 heavy (non-hydrogen) atoms. The number of allylic oxidation sites excluding steroid dienone is 2. The van der Waals surface area contributed by atoms with Crippen molar-refractivity contribution in [1.82, 2.24) is 0 Å². The van der Waals surface area contributed by atoms with E-state index in [-0.39, 0.29) is 32.2 Å². The summed E-state index contributed by atoms with van der Waals surface area (Å²) in [7, 11) is 5.93. The average Bonchev–Trinajstić information content (AvgIpc) is 3.35. The SMILES string of the molecule is CCCCCC/C=C\CCCCCCCC(=O)OC(COC(=O)CCCCCCCCCCCCCCCCCCCCCCCCCCCCCCCCCCCC)COC(OCC[N+](C)(C)C)C(=O)[O-]. The number of esters is 2. The lowest BCUT2D eigenvalue weighted by atomic mass is 10.0. The molecule has 9 heteroatoms. The van der Waals surface area contributed by atoms with Crippen LogP contribution >= 0.6 is 0 Å². The summed E-state index contributed by atoms with van der Waals surface area (Å²) in [6, 6.07) is 0. The van der Waals surface area contributed by atoms with Crippen molar-refractivity contribution < 1.29 is 42.9 Å². The monoisotopic (exact) mass is 1020 g/mol. The molecule has 0 heterocycles. The first-order valence-electron chi connectivity index (χ1n) is 31.3. The highest BCUT2D eigenvalue weighted by Gasteiger charge is 2.22. The lowest BCUT2D eigenvalue weighted by Gasteiger charge is -2.26. The molecular weight excluding hydrogens is 899 g/mol. The number of hydrogen-bond acceptors (Lipinski definition) is 8. The highest BCUT2D eigenvalue weighted by atomic mass is 16.7. The molecule has 0 amide bonds. The Hall–Kier alpha value is -1.97. The van der Waals surface area contributed by atoms with Gasteiger partial charge in [-0.1, -0.05) is 276 Å². The van der Waals surface area contributed by atoms with E-state index >= 15 is 0 Å². The quantitative estimate of drug-likeness (QED) is 0.0195. The van der Waals surface area contributed by atoms with E-state index in [1.807, 2.05) is 21.1 Å². The highest BCUT2D eigenvalue weighted by Crippen LogP contribution is 2.18. The van der Waals surface area contributed by atoms with Gasteiger partial charge in [-0.3, -0.25) is 9.59 Å². The van der Waals surface area contributed by atoms with E-state index in [2.05, 4.69) is 26.0 Å². The second-order valence-corrected chi connectivity index (χ2v) is 22.7. The number of ether oxygens (including phenoxy) is 4. The van der Waals surface area contributed by atoms with Crippen molar-refractivity contribution in [2.45, 2.75) is 328 Å². The zero-order chi connectivity index (χ0) is 52.7. The molecule has 0 aliphatic rings. The van der Waals surface area contributed by atoms with Crippen LogP contribution in [0.25, 0.3) is 0 Å². The Morgan fingerprint density at radius 1 is 0.403 bits per heavy atom.